The first-order valence-electron chi connectivity index (χ1n) is 7.66. The highest BCUT2D eigenvalue weighted by Gasteiger charge is 2.29. The molecule has 144 valence electrons. The van der Waals surface area contributed by atoms with Crippen molar-refractivity contribution in [1.82, 2.24) is 9.03 Å². The van der Waals surface area contributed by atoms with Gasteiger partial charge in [-0.05, 0) is 25.5 Å². The summed E-state index contributed by atoms with van der Waals surface area (Å²) in [7, 11) is -6.83. The highest BCUT2D eigenvalue weighted by molar-refractivity contribution is 7.89. The lowest BCUT2D eigenvalue weighted by molar-refractivity contribution is 0.151. The highest BCUT2D eigenvalue weighted by Crippen LogP contribution is 2.17. The first-order valence-corrected chi connectivity index (χ1v) is 10.5. The van der Waals surface area contributed by atoms with Crippen LogP contribution in [0.25, 0.3) is 0 Å². The van der Waals surface area contributed by atoms with Crippen molar-refractivity contribution < 1.29 is 30.6 Å². The molecule has 1 amide bonds. The summed E-state index contributed by atoms with van der Waals surface area (Å²) >= 11 is 0. The Hall–Kier alpha value is -1.95. The molecule has 9 nitrogen and oxygen atoms in total. The Balaban J connectivity index is 2.18. The quantitative estimate of drug-likeness (QED) is 0.725. The van der Waals surface area contributed by atoms with E-state index in [1.165, 1.54) is 24.3 Å². The Morgan fingerprint density at radius 1 is 1.38 bits per heavy atom. The zero-order valence-corrected chi connectivity index (χ0v) is 15.9. The predicted octanol–water partition coefficient (Wildman–Crippen LogP) is 0.932. The van der Waals surface area contributed by atoms with Crippen LogP contribution < -0.4 is 4.72 Å². The van der Waals surface area contributed by atoms with Crippen LogP contribution in [0, 0.1) is 6.92 Å². The van der Waals surface area contributed by atoms with Crippen LogP contribution in [0.15, 0.2) is 41.3 Å². The molecule has 1 fully saturated rings. The number of aryl methyl sites for hydroxylation is 1. The average molecular weight is 404 g/mol. The lowest BCUT2D eigenvalue weighted by Crippen LogP contribution is -2.41. The molecule has 1 atom stereocenters. The molecule has 1 N–H and O–H groups in total. The molecule has 26 heavy (non-hydrogen) atoms. The number of nitrogens with one attached hydrogen (secondary N) is 1. The van der Waals surface area contributed by atoms with Crippen molar-refractivity contribution in [2.45, 2.75) is 24.3 Å². The van der Waals surface area contributed by atoms with Gasteiger partial charge in [-0.3, -0.25) is 4.18 Å². The zero-order valence-electron chi connectivity index (χ0n) is 14.3. The van der Waals surface area contributed by atoms with E-state index in [2.05, 4.69) is 13.6 Å². The van der Waals surface area contributed by atoms with Gasteiger partial charge in [-0.25, -0.2) is 13.2 Å². The number of benzene rings is 1. The Morgan fingerprint density at radius 3 is 2.62 bits per heavy atom. The Labute approximate surface area is 152 Å². The fourth-order valence-corrected chi connectivity index (χ4v) is 4.47. The van der Waals surface area contributed by atoms with Crippen LogP contribution >= 0.6 is 0 Å². The molecule has 1 unspecified atom stereocenters. The molecular formula is C15H20N2O7S2. The number of hydrogen-bond acceptors (Lipinski definition) is 7. The molecule has 0 saturated carbocycles. The third-order valence-corrected chi connectivity index (χ3v) is 6.40. The first kappa shape index (κ1) is 20.4. The molecule has 1 aliphatic heterocycles. The van der Waals surface area contributed by atoms with Gasteiger partial charge in [0.15, 0.2) is 0 Å². The lowest BCUT2D eigenvalue weighted by Gasteiger charge is -2.22. The van der Waals surface area contributed by atoms with Crippen LogP contribution in [0.4, 0.5) is 4.79 Å². The van der Waals surface area contributed by atoms with Crippen molar-refractivity contribution in [3.63, 3.8) is 0 Å². The molecule has 0 aromatic heterocycles. The molecule has 1 aromatic rings. The number of sulfonamides is 1. The monoisotopic (exact) mass is 404 g/mol. The largest absolute Gasteiger partial charge is 0.452 e. The Kier molecular flexibility index (Phi) is 6.39. The van der Waals surface area contributed by atoms with Gasteiger partial charge in [0, 0.05) is 6.04 Å². The van der Waals surface area contributed by atoms with Gasteiger partial charge in [0.2, 0.25) is 0 Å². The van der Waals surface area contributed by atoms with Gasteiger partial charge in [0.1, 0.15) is 0 Å². The molecule has 0 bridgehead atoms. The van der Waals surface area contributed by atoms with Gasteiger partial charge < -0.3 is 4.74 Å². The molecular weight excluding hydrogens is 384 g/mol. The minimum absolute atomic E-state index is 0.0206. The van der Waals surface area contributed by atoms with Crippen LogP contribution in [-0.4, -0.2) is 53.5 Å². The maximum absolute atomic E-state index is 12.7. The average Bonchev–Trinajstić information content (AvgIpc) is 2.57. The summed E-state index contributed by atoms with van der Waals surface area (Å²) in [5.41, 5.74) is 0.875. The number of nitrogens with zero attached hydrogens (tertiary/aromatic N) is 1. The third kappa shape index (κ3) is 5.04. The zero-order chi connectivity index (χ0) is 19.4. The minimum atomic E-state index is -4.11. The first-order chi connectivity index (χ1) is 12.2. The summed E-state index contributed by atoms with van der Waals surface area (Å²) in [6.07, 6.45) is 2.21. The maximum Gasteiger partial charge on any atom is 0.423 e. The fraction of sp³-hybridized carbons (Fsp3) is 0.400. The van der Waals surface area contributed by atoms with Gasteiger partial charge in [-0.2, -0.15) is 17.4 Å². The van der Waals surface area contributed by atoms with E-state index >= 15 is 0 Å². The number of ether oxygens (including phenoxy) is 1. The number of hydrogen-bond donors (Lipinski definition) is 1. The van der Waals surface area contributed by atoms with E-state index < -0.39 is 32.5 Å². The van der Waals surface area contributed by atoms with Crippen LogP contribution in [0.2, 0.25) is 0 Å². The van der Waals surface area contributed by atoms with Crippen LogP contribution in [0.3, 0.4) is 0 Å². The number of carbonyl (C=O) groups is 1. The van der Waals surface area contributed by atoms with Crippen LogP contribution in [0.1, 0.15) is 12.0 Å². The summed E-state index contributed by atoms with van der Waals surface area (Å²) in [5, 5.41) is 0. The topological polar surface area (TPSA) is 119 Å². The number of rotatable bonds is 5. The van der Waals surface area contributed by atoms with Gasteiger partial charge >= 0.3 is 16.4 Å². The van der Waals surface area contributed by atoms with Crippen molar-refractivity contribution in [1.29, 1.82) is 0 Å². The number of carbonyl (C=O) groups excluding carboxylic acids is 1. The number of amides is 1. The van der Waals surface area contributed by atoms with E-state index in [1.54, 1.807) is 12.1 Å². The molecule has 1 aromatic carbocycles. The van der Waals surface area contributed by atoms with Crippen molar-refractivity contribution in [3.8, 4) is 0 Å². The highest BCUT2D eigenvalue weighted by atomic mass is 32.2. The Bertz CT molecular complexity index is 877. The molecule has 11 heteroatoms. The molecule has 0 spiro atoms. The van der Waals surface area contributed by atoms with E-state index in [0.717, 1.165) is 12.7 Å². The predicted molar refractivity (Wildman–Crippen MR) is 93.0 cm³/mol. The summed E-state index contributed by atoms with van der Waals surface area (Å²) < 4.78 is 60.0. The molecule has 1 aliphatic rings. The van der Waals surface area contributed by atoms with Crippen LogP contribution in [-0.2, 0) is 29.2 Å². The summed E-state index contributed by atoms with van der Waals surface area (Å²) in [4.78, 5) is 11.9. The third-order valence-electron chi connectivity index (χ3n) is 3.59. The summed E-state index contributed by atoms with van der Waals surface area (Å²) in [5.74, 6) is 0. The minimum Gasteiger partial charge on any atom is -0.452 e. The molecule has 0 aliphatic carbocycles. The van der Waals surface area contributed by atoms with Crippen molar-refractivity contribution >= 4 is 26.4 Å². The molecule has 1 heterocycles. The van der Waals surface area contributed by atoms with Crippen molar-refractivity contribution in [2.24, 2.45) is 0 Å². The van der Waals surface area contributed by atoms with E-state index in [1.807, 2.05) is 6.92 Å². The normalized spacial score (nSPS) is 20.0. The van der Waals surface area contributed by atoms with Crippen LogP contribution in [0.5, 0.6) is 0 Å². The van der Waals surface area contributed by atoms with Crippen molar-refractivity contribution in [2.75, 3.05) is 20.3 Å². The van der Waals surface area contributed by atoms with Gasteiger partial charge in [0.05, 0.1) is 25.2 Å². The number of methoxy groups -OCH3 is 1. The second kappa shape index (κ2) is 8.16. The van der Waals surface area contributed by atoms with E-state index in [-0.39, 0.29) is 18.0 Å². The maximum atomic E-state index is 12.7. The SMILES string of the molecule is COC(=O)N(C/C=C/C1CCOS(=O)(=O)N1)S(=O)(=O)c1ccc(C)cc1. The molecule has 2 rings (SSSR count). The Morgan fingerprint density at radius 2 is 2.04 bits per heavy atom. The molecule has 1 saturated heterocycles. The van der Waals surface area contributed by atoms with Gasteiger partial charge in [-0.1, -0.05) is 29.8 Å². The summed E-state index contributed by atoms with van der Waals surface area (Å²) in [6, 6.07) is 5.49. The van der Waals surface area contributed by atoms with Gasteiger partial charge in [0.25, 0.3) is 10.0 Å². The second-order valence-electron chi connectivity index (χ2n) is 5.54. The van der Waals surface area contributed by atoms with E-state index in [9.17, 15) is 21.6 Å². The lowest BCUT2D eigenvalue weighted by atomic mass is 10.2. The fourth-order valence-electron chi connectivity index (χ4n) is 2.23. The summed E-state index contributed by atoms with van der Waals surface area (Å²) in [6.45, 7) is 1.53. The van der Waals surface area contributed by atoms with Crippen molar-refractivity contribution in [3.05, 3.63) is 42.0 Å². The smallest absolute Gasteiger partial charge is 0.423 e. The molecule has 0 radical (unpaired) electrons. The van der Waals surface area contributed by atoms with Gasteiger partial charge in [-0.15, -0.1) is 0 Å². The standard InChI is InChI=1S/C15H20N2O7S2/c1-12-5-7-14(8-6-12)25(19,20)17(15(18)23-2)10-3-4-13-9-11-24-26(21,22)16-13/h3-8,13,16H,9-11H2,1-2H3/b4-3+. The second-order valence-corrected chi connectivity index (χ2v) is 8.78. The van der Waals surface area contributed by atoms with E-state index in [4.69, 9.17) is 0 Å². The van der Waals surface area contributed by atoms with E-state index in [0.29, 0.717) is 10.7 Å².